The Hall–Kier alpha value is -1.99. The van der Waals surface area contributed by atoms with Crippen molar-refractivity contribution in [1.29, 1.82) is 0 Å². The average Bonchev–Trinajstić information content (AvgIpc) is 3.16. The maximum atomic E-state index is 12.8. The summed E-state index contributed by atoms with van der Waals surface area (Å²) in [4.78, 5) is 37.0. The molecule has 0 aromatic carbocycles. The number of furan rings is 1. The lowest BCUT2D eigenvalue weighted by molar-refractivity contribution is -0.193. The maximum Gasteiger partial charge on any atom is 0.302 e. The molecule has 7 atom stereocenters. The molecule has 154 valence electrons. The van der Waals surface area contributed by atoms with Crippen molar-refractivity contribution in [1.82, 2.24) is 0 Å². The van der Waals surface area contributed by atoms with Crippen LogP contribution >= 0.6 is 0 Å². The molecule has 3 rings (SSSR count). The molecule has 28 heavy (non-hydrogen) atoms. The summed E-state index contributed by atoms with van der Waals surface area (Å²) in [6.07, 6.45) is 1.74. The topological polar surface area (TPSA) is 114 Å². The van der Waals surface area contributed by atoms with E-state index < -0.39 is 29.5 Å². The van der Waals surface area contributed by atoms with Gasteiger partial charge in [0.25, 0.3) is 0 Å². The van der Waals surface area contributed by atoms with Crippen LogP contribution in [-0.4, -0.2) is 46.6 Å². The first-order chi connectivity index (χ1) is 13.2. The molecule has 0 bridgehead atoms. The molecule has 1 heterocycles. The van der Waals surface area contributed by atoms with E-state index in [1.165, 1.54) is 19.5 Å². The van der Waals surface area contributed by atoms with Crippen molar-refractivity contribution in [2.75, 3.05) is 6.61 Å². The summed E-state index contributed by atoms with van der Waals surface area (Å²) >= 11 is 0. The number of Topliss-reactive ketones (excluding diaryl/α,β-unsaturated/α-hetero) is 2. The van der Waals surface area contributed by atoms with E-state index in [2.05, 4.69) is 0 Å². The summed E-state index contributed by atoms with van der Waals surface area (Å²) in [5, 5.41) is 20.6. The van der Waals surface area contributed by atoms with E-state index in [9.17, 15) is 24.6 Å². The Bertz CT molecular complexity index is 740. The van der Waals surface area contributed by atoms with Crippen LogP contribution < -0.4 is 0 Å². The lowest BCUT2D eigenvalue weighted by atomic mass is 9.48. The number of ether oxygens (including phenoxy) is 1. The highest BCUT2D eigenvalue weighted by Crippen LogP contribution is 2.57. The highest BCUT2D eigenvalue weighted by atomic mass is 16.6. The quantitative estimate of drug-likeness (QED) is 0.582. The van der Waals surface area contributed by atoms with Crippen LogP contribution in [0.2, 0.25) is 0 Å². The molecule has 0 saturated heterocycles. The highest BCUT2D eigenvalue weighted by Gasteiger charge is 2.59. The van der Waals surface area contributed by atoms with Crippen LogP contribution in [-0.2, 0) is 14.3 Å². The zero-order chi connectivity index (χ0) is 20.6. The van der Waals surface area contributed by atoms with Gasteiger partial charge in [0, 0.05) is 38.2 Å². The summed E-state index contributed by atoms with van der Waals surface area (Å²) in [7, 11) is 0. The minimum Gasteiger partial charge on any atom is -0.472 e. The lowest BCUT2D eigenvalue weighted by Crippen LogP contribution is -2.60. The number of carbonyl (C=O) groups excluding carboxylic acids is 3. The SMILES string of the molecule is CC(=O)O[C@@H]1C[C@@]2(C)C(CC(=O)[C@@H](C)[C@@H]2CC(=O)c2ccoc2)[C@@H](CO)[C@@H]1O. The van der Waals surface area contributed by atoms with Crippen LogP contribution in [0.1, 0.15) is 50.4 Å². The minimum absolute atomic E-state index is 0.0315. The number of hydrogen-bond acceptors (Lipinski definition) is 7. The summed E-state index contributed by atoms with van der Waals surface area (Å²) in [5.74, 6) is -2.10. The summed E-state index contributed by atoms with van der Waals surface area (Å²) in [6, 6.07) is 1.60. The second kappa shape index (κ2) is 7.79. The molecule has 2 aliphatic carbocycles. The van der Waals surface area contributed by atoms with E-state index in [0.29, 0.717) is 12.0 Å². The third kappa shape index (κ3) is 3.53. The number of rotatable bonds is 5. The zero-order valence-corrected chi connectivity index (χ0v) is 16.5. The third-order valence-electron chi connectivity index (χ3n) is 6.98. The van der Waals surface area contributed by atoms with E-state index in [-0.39, 0.29) is 48.8 Å². The van der Waals surface area contributed by atoms with E-state index in [4.69, 9.17) is 9.15 Å². The predicted octanol–water partition coefficient (Wildman–Crippen LogP) is 2.00. The monoisotopic (exact) mass is 392 g/mol. The minimum atomic E-state index is -1.04. The Morgan fingerprint density at radius 1 is 1.39 bits per heavy atom. The Morgan fingerprint density at radius 3 is 2.68 bits per heavy atom. The van der Waals surface area contributed by atoms with Crippen molar-refractivity contribution < 1.29 is 33.8 Å². The Morgan fingerprint density at radius 2 is 2.11 bits per heavy atom. The van der Waals surface area contributed by atoms with Gasteiger partial charge in [0.15, 0.2) is 5.78 Å². The molecule has 0 amide bonds. The molecule has 1 unspecified atom stereocenters. The van der Waals surface area contributed by atoms with Crippen molar-refractivity contribution >= 4 is 17.5 Å². The van der Waals surface area contributed by atoms with Gasteiger partial charge in [0.1, 0.15) is 18.2 Å². The second-order valence-electron chi connectivity index (χ2n) is 8.51. The van der Waals surface area contributed by atoms with Gasteiger partial charge in [-0.05, 0) is 29.7 Å². The van der Waals surface area contributed by atoms with Crippen molar-refractivity contribution in [3.8, 4) is 0 Å². The van der Waals surface area contributed by atoms with E-state index in [1.54, 1.807) is 6.07 Å². The van der Waals surface area contributed by atoms with Crippen LogP contribution in [0.4, 0.5) is 0 Å². The maximum absolute atomic E-state index is 12.8. The van der Waals surface area contributed by atoms with Gasteiger partial charge in [-0.25, -0.2) is 0 Å². The van der Waals surface area contributed by atoms with Gasteiger partial charge in [-0.15, -0.1) is 0 Å². The summed E-state index contributed by atoms with van der Waals surface area (Å²) < 4.78 is 10.4. The fourth-order valence-corrected chi connectivity index (χ4v) is 5.43. The molecule has 2 fully saturated rings. The van der Waals surface area contributed by atoms with Crippen LogP contribution in [0.25, 0.3) is 0 Å². The van der Waals surface area contributed by atoms with Gasteiger partial charge in [0.05, 0.1) is 17.9 Å². The van der Waals surface area contributed by atoms with Crippen LogP contribution in [0, 0.1) is 29.1 Å². The van der Waals surface area contributed by atoms with Crippen LogP contribution in [0.3, 0.4) is 0 Å². The normalized spacial score (nSPS) is 38.0. The molecule has 1 aromatic rings. The van der Waals surface area contributed by atoms with Gasteiger partial charge in [0.2, 0.25) is 0 Å². The lowest BCUT2D eigenvalue weighted by Gasteiger charge is -2.57. The Balaban J connectivity index is 1.96. The molecule has 0 radical (unpaired) electrons. The fraction of sp³-hybridized carbons (Fsp3) is 0.667. The summed E-state index contributed by atoms with van der Waals surface area (Å²) in [5.41, 5.74) is -0.0871. The first-order valence-corrected chi connectivity index (χ1v) is 9.73. The van der Waals surface area contributed by atoms with Crippen LogP contribution in [0.15, 0.2) is 23.0 Å². The zero-order valence-electron chi connectivity index (χ0n) is 16.5. The molecular weight excluding hydrogens is 364 g/mol. The van der Waals surface area contributed by atoms with E-state index in [1.807, 2.05) is 13.8 Å². The number of carbonyl (C=O) groups is 3. The first kappa shape index (κ1) is 20.7. The van der Waals surface area contributed by atoms with E-state index in [0.717, 1.165) is 0 Å². The molecular formula is C21H28O7. The van der Waals surface area contributed by atoms with Crippen LogP contribution in [0.5, 0.6) is 0 Å². The number of hydrogen-bond donors (Lipinski definition) is 2. The van der Waals surface area contributed by atoms with Crippen molar-refractivity contribution in [3.63, 3.8) is 0 Å². The molecule has 2 aliphatic rings. The van der Waals surface area contributed by atoms with E-state index >= 15 is 0 Å². The van der Waals surface area contributed by atoms with Gasteiger partial charge in [-0.2, -0.15) is 0 Å². The molecule has 7 nitrogen and oxygen atoms in total. The van der Waals surface area contributed by atoms with Gasteiger partial charge in [-0.3, -0.25) is 14.4 Å². The molecule has 2 saturated carbocycles. The highest BCUT2D eigenvalue weighted by molar-refractivity contribution is 5.96. The van der Waals surface area contributed by atoms with Crippen molar-refractivity contribution in [2.24, 2.45) is 29.1 Å². The smallest absolute Gasteiger partial charge is 0.302 e. The van der Waals surface area contributed by atoms with Crippen molar-refractivity contribution in [2.45, 2.75) is 52.2 Å². The molecule has 2 N–H and O–H groups in total. The molecule has 7 heteroatoms. The average molecular weight is 392 g/mol. The summed E-state index contributed by atoms with van der Waals surface area (Å²) in [6.45, 7) is 4.78. The predicted molar refractivity (Wildman–Crippen MR) is 98.3 cm³/mol. The van der Waals surface area contributed by atoms with Gasteiger partial charge < -0.3 is 19.4 Å². The van der Waals surface area contributed by atoms with Gasteiger partial charge >= 0.3 is 5.97 Å². The second-order valence-corrected chi connectivity index (χ2v) is 8.51. The number of fused-ring (bicyclic) bond motifs is 1. The fourth-order valence-electron chi connectivity index (χ4n) is 5.43. The standard InChI is InChI=1S/C21H28O7/c1-11-15(6-18(25)13-4-5-27-10-13)21(3)8-19(28-12(2)23)20(26)14(9-22)16(21)7-17(11)24/h4-5,10-11,14-16,19-20,22,26H,6-9H2,1-3H3/t11-,14+,15-,16?,19+,20-,21+/m0/s1. The first-order valence-electron chi connectivity index (χ1n) is 9.73. The number of aliphatic hydroxyl groups is 2. The largest absolute Gasteiger partial charge is 0.472 e. The molecule has 1 aromatic heterocycles. The molecule has 0 aliphatic heterocycles. The Labute approximate surface area is 164 Å². The number of esters is 1. The third-order valence-corrected chi connectivity index (χ3v) is 6.98. The van der Waals surface area contributed by atoms with Gasteiger partial charge in [-0.1, -0.05) is 13.8 Å². The molecule has 0 spiro atoms. The van der Waals surface area contributed by atoms with Crippen molar-refractivity contribution in [3.05, 3.63) is 24.2 Å². The number of ketones is 2. The Kier molecular flexibility index (Phi) is 5.77. The number of aliphatic hydroxyl groups excluding tert-OH is 2.